The summed E-state index contributed by atoms with van der Waals surface area (Å²) in [4.78, 5) is 6.18. The first kappa shape index (κ1) is 17.9. The second-order valence-corrected chi connectivity index (χ2v) is 4.77. The van der Waals surface area contributed by atoms with Gasteiger partial charge in [0.15, 0.2) is 0 Å². The van der Waals surface area contributed by atoms with E-state index in [0.29, 0.717) is 18.6 Å². The third kappa shape index (κ3) is 6.77. The highest BCUT2D eigenvalue weighted by molar-refractivity contribution is 9.10. The van der Waals surface area contributed by atoms with E-state index in [1.54, 1.807) is 12.0 Å². The van der Waals surface area contributed by atoms with Gasteiger partial charge in [0.25, 0.3) is 0 Å². The summed E-state index contributed by atoms with van der Waals surface area (Å²) in [6.07, 6.45) is 0. The van der Waals surface area contributed by atoms with Gasteiger partial charge in [-0.15, -0.1) is 0 Å². The third-order valence-electron chi connectivity index (χ3n) is 1.93. The van der Waals surface area contributed by atoms with Gasteiger partial charge in [-0.3, -0.25) is 9.88 Å². The van der Waals surface area contributed by atoms with Gasteiger partial charge in [-0.1, -0.05) is 31.9 Å². The molecule has 0 aliphatic carbocycles. The summed E-state index contributed by atoms with van der Waals surface area (Å²) in [5.74, 6) is 0. The van der Waals surface area contributed by atoms with Crippen LogP contribution in [0.1, 0.15) is 11.4 Å². The maximum atomic E-state index is 9.11. The molecule has 104 valence electrons. The minimum atomic E-state index is -0.0499. The molecule has 0 fully saturated rings. The average molecular weight is 386 g/mol. The zero-order chi connectivity index (χ0) is 14.0. The van der Waals surface area contributed by atoms with E-state index in [1.807, 2.05) is 12.1 Å². The largest absolute Gasteiger partial charge is 0.400 e. The number of halogens is 2. The summed E-state index contributed by atoms with van der Waals surface area (Å²) in [6, 6.07) is 3.89. The maximum absolute atomic E-state index is 9.11. The highest BCUT2D eigenvalue weighted by Crippen LogP contribution is 2.15. The van der Waals surface area contributed by atoms with E-state index in [9.17, 15) is 0 Å². The van der Waals surface area contributed by atoms with Crippen molar-refractivity contribution >= 4 is 31.9 Å². The Morgan fingerprint density at radius 2 is 1.94 bits per heavy atom. The molecule has 0 aliphatic rings. The van der Waals surface area contributed by atoms with Gasteiger partial charge >= 0.3 is 0 Å². The van der Waals surface area contributed by atoms with Crippen LogP contribution in [0.25, 0.3) is 0 Å². The van der Waals surface area contributed by atoms with Crippen LogP contribution in [0.2, 0.25) is 0 Å². The van der Waals surface area contributed by atoms with Gasteiger partial charge in [-0.2, -0.15) is 0 Å². The molecule has 0 radical (unpaired) electrons. The van der Waals surface area contributed by atoms with Crippen molar-refractivity contribution in [1.82, 2.24) is 9.88 Å². The molecular weight excluding hydrogens is 368 g/mol. The lowest BCUT2D eigenvalue weighted by atomic mass is 10.3. The van der Waals surface area contributed by atoms with Crippen molar-refractivity contribution in [2.45, 2.75) is 11.9 Å². The lowest BCUT2D eigenvalue weighted by molar-refractivity contribution is -0.000926. The molecule has 0 unspecified atom stereocenters. The Morgan fingerprint density at radius 1 is 1.33 bits per heavy atom. The number of ether oxygens (including phenoxy) is 1. The van der Waals surface area contributed by atoms with Crippen molar-refractivity contribution in [2.75, 3.05) is 27.7 Å². The van der Waals surface area contributed by atoms with Gasteiger partial charge in [0.1, 0.15) is 6.73 Å². The van der Waals surface area contributed by atoms with Crippen LogP contribution in [0.15, 0.2) is 16.6 Å². The van der Waals surface area contributed by atoms with Gasteiger partial charge in [-0.25, -0.2) is 0 Å². The zero-order valence-corrected chi connectivity index (χ0v) is 13.6. The Bertz CT molecular complexity index is 340. The predicted molar refractivity (Wildman–Crippen MR) is 77.2 cm³/mol. The monoisotopic (exact) mass is 384 g/mol. The van der Waals surface area contributed by atoms with Crippen LogP contribution in [-0.2, 0) is 16.6 Å². The molecular formula is C11H18Br2N2O3. The van der Waals surface area contributed by atoms with E-state index in [1.165, 1.54) is 0 Å². The molecule has 0 saturated heterocycles. The van der Waals surface area contributed by atoms with Crippen LogP contribution in [0.4, 0.5) is 0 Å². The molecule has 7 heteroatoms. The molecule has 2 N–H and O–H groups in total. The molecule has 0 atom stereocenters. The molecule has 1 aromatic heterocycles. The Morgan fingerprint density at radius 3 is 2.44 bits per heavy atom. The normalized spacial score (nSPS) is 10.2. The summed E-state index contributed by atoms with van der Waals surface area (Å²) >= 11 is 6.80. The van der Waals surface area contributed by atoms with Crippen LogP contribution in [0.3, 0.4) is 0 Å². The number of alkyl halides is 1. The average Bonchev–Trinajstić information content (AvgIpc) is 2.39. The second-order valence-electron chi connectivity index (χ2n) is 3.29. The Kier molecular flexibility index (Phi) is 10.8. The predicted octanol–water partition coefficient (Wildman–Crippen LogP) is 1.70. The van der Waals surface area contributed by atoms with Crippen LogP contribution in [-0.4, -0.2) is 47.8 Å². The van der Waals surface area contributed by atoms with E-state index in [-0.39, 0.29) is 6.73 Å². The number of pyridine rings is 1. The molecule has 0 aromatic carbocycles. The molecule has 0 aliphatic heterocycles. The number of aromatic nitrogens is 1. The Hall–Kier alpha value is -0.0500. The first-order valence-electron chi connectivity index (χ1n) is 5.17. The highest BCUT2D eigenvalue weighted by atomic mass is 79.9. The van der Waals surface area contributed by atoms with E-state index in [4.69, 9.17) is 14.9 Å². The summed E-state index contributed by atoms with van der Waals surface area (Å²) in [7, 11) is 2.60. The number of methoxy groups -OCH3 is 1. The van der Waals surface area contributed by atoms with E-state index < -0.39 is 0 Å². The van der Waals surface area contributed by atoms with E-state index >= 15 is 0 Å². The van der Waals surface area contributed by atoms with E-state index in [0.717, 1.165) is 23.0 Å². The molecule has 0 bridgehead atoms. The van der Waals surface area contributed by atoms with Crippen molar-refractivity contribution in [1.29, 1.82) is 0 Å². The summed E-state index contributed by atoms with van der Waals surface area (Å²) in [5, 5.41) is 16.8. The fraction of sp³-hybridized carbons (Fsp3) is 0.545. The Balaban J connectivity index is 0.00000137. The lowest BCUT2D eigenvalue weighted by Gasteiger charge is -2.18. The number of aliphatic hydroxyl groups excluding tert-OH is 2. The topological polar surface area (TPSA) is 65.8 Å². The maximum Gasteiger partial charge on any atom is 0.101 e. The van der Waals surface area contributed by atoms with Crippen molar-refractivity contribution in [2.24, 2.45) is 0 Å². The molecule has 0 amide bonds. The number of rotatable bonds is 6. The standard InChI is InChI=1S/C10H14Br2N2O2.CH4O/c1-16-7-14(6-15)5-10-3-8(12)2-9(4-11)13-10;1-2/h2-3,15H,4-7H2,1H3;2H,1H3. The smallest absolute Gasteiger partial charge is 0.101 e. The number of nitrogens with zero attached hydrogens (tertiary/aromatic N) is 2. The molecule has 18 heavy (non-hydrogen) atoms. The van der Waals surface area contributed by atoms with Gasteiger partial charge in [0.05, 0.1) is 18.1 Å². The van der Waals surface area contributed by atoms with Gasteiger partial charge in [0.2, 0.25) is 0 Å². The number of aliphatic hydroxyl groups is 2. The minimum Gasteiger partial charge on any atom is -0.400 e. The second kappa shape index (κ2) is 10.8. The van der Waals surface area contributed by atoms with E-state index in [2.05, 4.69) is 36.8 Å². The minimum absolute atomic E-state index is 0.0499. The Labute approximate surface area is 124 Å². The molecule has 5 nitrogen and oxygen atoms in total. The number of hydrogen-bond donors (Lipinski definition) is 2. The van der Waals surface area contributed by atoms with Crippen LogP contribution < -0.4 is 0 Å². The molecule has 1 aromatic rings. The molecule has 0 saturated carbocycles. The van der Waals surface area contributed by atoms with Crippen LogP contribution in [0.5, 0.6) is 0 Å². The lowest BCUT2D eigenvalue weighted by Crippen LogP contribution is -2.26. The molecule has 1 heterocycles. The fourth-order valence-electron chi connectivity index (χ4n) is 1.31. The van der Waals surface area contributed by atoms with Crippen molar-refractivity contribution in [3.63, 3.8) is 0 Å². The van der Waals surface area contributed by atoms with Crippen molar-refractivity contribution in [3.05, 3.63) is 28.0 Å². The fourth-order valence-corrected chi connectivity index (χ4v) is 2.12. The summed E-state index contributed by atoms with van der Waals surface area (Å²) in [6.45, 7) is 0.893. The first-order valence-corrected chi connectivity index (χ1v) is 7.09. The summed E-state index contributed by atoms with van der Waals surface area (Å²) in [5.41, 5.74) is 1.86. The first-order chi connectivity index (χ1) is 8.69. The highest BCUT2D eigenvalue weighted by Gasteiger charge is 2.07. The molecule has 0 spiro atoms. The number of hydrogen-bond acceptors (Lipinski definition) is 5. The SMILES string of the molecule is CO.COCN(CO)Cc1cc(Br)cc(CBr)n1. The zero-order valence-electron chi connectivity index (χ0n) is 10.4. The van der Waals surface area contributed by atoms with Crippen LogP contribution in [0, 0.1) is 0 Å². The van der Waals surface area contributed by atoms with Crippen LogP contribution >= 0.6 is 31.9 Å². The van der Waals surface area contributed by atoms with Gasteiger partial charge < -0.3 is 14.9 Å². The van der Waals surface area contributed by atoms with Gasteiger partial charge in [-0.05, 0) is 12.1 Å². The quantitative estimate of drug-likeness (QED) is 0.576. The molecule has 1 rings (SSSR count). The third-order valence-corrected chi connectivity index (χ3v) is 2.96. The van der Waals surface area contributed by atoms with Crippen molar-refractivity contribution < 1.29 is 14.9 Å². The van der Waals surface area contributed by atoms with Gasteiger partial charge in [0, 0.05) is 30.6 Å². The van der Waals surface area contributed by atoms with Crippen molar-refractivity contribution in [3.8, 4) is 0 Å². The summed E-state index contributed by atoms with van der Waals surface area (Å²) < 4.78 is 5.96.